The van der Waals surface area contributed by atoms with Gasteiger partial charge in [0.2, 0.25) is 0 Å². The number of likely N-dealkylation sites (N-methyl/N-ethyl adjacent to an activating group) is 1. The Morgan fingerprint density at radius 1 is 1.50 bits per heavy atom. The molecule has 12 heavy (non-hydrogen) atoms. The van der Waals surface area contributed by atoms with Crippen molar-refractivity contribution in [3.63, 3.8) is 0 Å². The Morgan fingerprint density at radius 3 is 2.17 bits per heavy atom. The Hall–Kier alpha value is -0.570. The van der Waals surface area contributed by atoms with Crippen LogP contribution >= 0.6 is 0 Å². The monoisotopic (exact) mass is 171 g/mol. The van der Waals surface area contributed by atoms with Gasteiger partial charge in [0, 0.05) is 7.05 Å². The fourth-order valence-corrected chi connectivity index (χ4v) is 1.32. The minimum Gasteiger partial charge on any atom is -0.343 e. The number of carbonyl (C=O) groups is 1. The lowest BCUT2D eigenvalue weighted by Gasteiger charge is -2.25. The number of rotatable bonds is 1. The van der Waals surface area contributed by atoms with Crippen molar-refractivity contribution in [2.45, 2.75) is 39.5 Å². The second-order valence-corrected chi connectivity index (χ2v) is 4.13. The highest BCUT2D eigenvalue weighted by Gasteiger charge is 2.44. The molecule has 3 heteroatoms. The zero-order valence-electron chi connectivity index (χ0n) is 8.42. The Kier molecular flexibility index (Phi) is 2.17. The molecule has 1 amide bonds. The molecule has 0 spiro atoms. The number of ether oxygens (including phenoxy) is 1. The highest BCUT2D eigenvalue weighted by Crippen LogP contribution is 2.29. The SMILES string of the molecule is CC(C)C1OC(C)(C)N(C)C1=O. The maximum atomic E-state index is 11.6. The number of hydrogen-bond acceptors (Lipinski definition) is 2. The van der Waals surface area contributed by atoms with Gasteiger partial charge in [-0.15, -0.1) is 0 Å². The lowest BCUT2D eigenvalue weighted by Crippen LogP contribution is -2.38. The molecule has 0 radical (unpaired) electrons. The first-order chi connectivity index (χ1) is 5.36. The van der Waals surface area contributed by atoms with Gasteiger partial charge < -0.3 is 9.64 Å². The summed E-state index contributed by atoms with van der Waals surface area (Å²) in [6, 6.07) is 0. The van der Waals surface area contributed by atoms with Crippen LogP contribution in [0.4, 0.5) is 0 Å². The van der Waals surface area contributed by atoms with E-state index in [1.165, 1.54) is 0 Å². The summed E-state index contributed by atoms with van der Waals surface area (Å²) in [5.74, 6) is 0.344. The largest absolute Gasteiger partial charge is 0.343 e. The van der Waals surface area contributed by atoms with Crippen LogP contribution in [0.2, 0.25) is 0 Å². The van der Waals surface area contributed by atoms with E-state index in [-0.39, 0.29) is 17.9 Å². The van der Waals surface area contributed by atoms with E-state index in [2.05, 4.69) is 0 Å². The minimum atomic E-state index is -0.438. The molecule has 70 valence electrons. The number of amides is 1. The molecule has 0 aromatic rings. The van der Waals surface area contributed by atoms with E-state index in [1.807, 2.05) is 27.7 Å². The molecule has 0 aromatic carbocycles. The third kappa shape index (κ3) is 1.33. The summed E-state index contributed by atoms with van der Waals surface area (Å²) in [6.07, 6.45) is -0.259. The van der Waals surface area contributed by atoms with Crippen molar-refractivity contribution in [2.75, 3.05) is 7.05 Å². The molecule has 1 aliphatic heterocycles. The third-order valence-electron chi connectivity index (χ3n) is 2.40. The van der Waals surface area contributed by atoms with E-state index in [1.54, 1.807) is 11.9 Å². The molecule has 1 unspecified atom stereocenters. The van der Waals surface area contributed by atoms with Crippen molar-refractivity contribution >= 4 is 5.91 Å². The molecule has 1 aliphatic rings. The van der Waals surface area contributed by atoms with Crippen molar-refractivity contribution in [3.05, 3.63) is 0 Å². The summed E-state index contributed by atoms with van der Waals surface area (Å²) < 4.78 is 5.61. The van der Waals surface area contributed by atoms with Gasteiger partial charge in [-0.2, -0.15) is 0 Å². The van der Waals surface area contributed by atoms with Crippen molar-refractivity contribution in [1.82, 2.24) is 4.90 Å². The molecular formula is C9H17NO2. The predicted octanol–water partition coefficient (Wildman–Crippen LogP) is 1.24. The Bertz CT molecular complexity index is 199. The van der Waals surface area contributed by atoms with Crippen LogP contribution < -0.4 is 0 Å². The van der Waals surface area contributed by atoms with Crippen LogP contribution in [-0.4, -0.2) is 29.7 Å². The third-order valence-corrected chi connectivity index (χ3v) is 2.40. The molecular weight excluding hydrogens is 154 g/mol. The number of carbonyl (C=O) groups excluding carboxylic acids is 1. The molecule has 0 bridgehead atoms. The minimum absolute atomic E-state index is 0.0926. The van der Waals surface area contributed by atoms with Gasteiger partial charge in [0.1, 0.15) is 11.8 Å². The normalized spacial score (nSPS) is 28.7. The smallest absolute Gasteiger partial charge is 0.254 e. The van der Waals surface area contributed by atoms with Crippen LogP contribution in [0, 0.1) is 5.92 Å². The van der Waals surface area contributed by atoms with Crippen LogP contribution in [0.25, 0.3) is 0 Å². The van der Waals surface area contributed by atoms with E-state index in [0.717, 1.165) is 0 Å². The second kappa shape index (κ2) is 2.73. The van der Waals surface area contributed by atoms with Gasteiger partial charge in [-0.25, -0.2) is 0 Å². The van der Waals surface area contributed by atoms with E-state index in [9.17, 15) is 4.79 Å². The van der Waals surface area contributed by atoms with E-state index in [0.29, 0.717) is 0 Å². The molecule has 3 nitrogen and oxygen atoms in total. The van der Waals surface area contributed by atoms with E-state index in [4.69, 9.17) is 4.74 Å². The van der Waals surface area contributed by atoms with Gasteiger partial charge in [0.25, 0.3) is 5.91 Å². The fraction of sp³-hybridized carbons (Fsp3) is 0.889. The van der Waals surface area contributed by atoms with E-state index >= 15 is 0 Å². The fourth-order valence-electron chi connectivity index (χ4n) is 1.32. The van der Waals surface area contributed by atoms with Gasteiger partial charge in [0.05, 0.1) is 0 Å². The van der Waals surface area contributed by atoms with Crippen LogP contribution in [0.3, 0.4) is 0 Å². The second-order valence-electron chi connectivity index (χ2n) is 4.13. The predicted molar refractivity (Wildman–Crippen MR) is 46.6 cm³/mol. The molecule has 0 aliphatic carbocycles. The lowest BCUT2D eigenvalue weighted by molar-refractivity contribution is -0.130. The number of hydrogen-bond donors (Lipinski definition) is 0. The van der Waals surface area contributed by atoms with Gasteiger partial charge >= 0.3 is 0 Å². The van der Waals surface area contributed by atoms with Crippen molar-refractivity contribution in [2.24, 2.45) is 5.92 Å². The molecule has 1 atom stereocenters. The van der Waals surface area contributed by atoms with Crippen LogP contribution in [0.5, 0.6) is 0 Å². The summed E-state index contributed by atoms with van der Waals surface area (Å²) in [5, 5.41) is 0. The highest BCUT2D eigenvalue weighted by atomic mass is 16.5. The summed E-state index contributed by atoms with van der Waals surface area (Å²) in [6.45, 7) is 7.82. The lowest BCUT2D eigenvalue weighted by atomic mass is 10.1. The van der Waals surface area contributed by atoms with Gasteiger partial charge in [-0.3, -0.25) is 4.79 Å². The molecule has 1 fully saturated rings. The zero-order valence-corrected chi connectivity index (χ0v) is 8.42. The molecule has 0 aromatic heterocycles. The summed E-state index contributed by atoms with van der Waals surface area (Å²) in [5.41, 5.74) is -0.438. The maximum Gasteiger partial charge on any atom is 0.254 e. The first kappa shape index (κ1) is 9.52. The quantitative estimate of drug-likeness (QED) is 0.594. The summed E-state index contributed by atoms with van der Waals surface area (Å²) in [4.78, 5) is 13.2. The van der Waals surface area contributed by atoms with E-state index < -0.39 is 5.72 Å². The van der Waals surface area contributed by atoms with Crippen LogP contribution in [-0.2, 0) is 9.53 Å². The van der Waals surface area contributed by atoms with Gasteiger partial charge in [-0.05, 0) is 19.8 Å². The average Bonchev–Trinajstić information content (AvgIpc) is 2.14. The Labute approximate surface area is 73.7 Å². The summed E-state index contributed by atoms with van der Waals surface area (Å²) in [7, 11) is 1.78. The van der Waals surface area contributed by atoms with Crippen LogP contribution in [0.15, 0.2) is 0 Å². The average molecular weight is 171 g/mol. The van der Waals surface area contributed by atoms with Crippen LogP contribution in [0.1, 0.15) is 27.7 Å². The molecule has 0 N–H and O–H groups in total. The number of nitrogens with zero attached hydrogens (tertiary/aromatic N) is 1. The van der Waals surface area contributed by atoms with Crippen molar-refractivity contribution in [3.8, 4) is 0 Å². The zero-order chi connectivity index (χ0) is 9.52. The topological polar surface area (TPSA) is 29.5 Å². The molecule has 0 saturated carbocycles. The Morgan fingerprint density at radius 2 is 2.00 bits per heavy atom. The molecule has 1 rings (SSSR count). The van der Waals surface area contributed by atoms with Crippen molar-refractivity contribution in [1.29, 1.82) is 0 Å². The summed E-state index contributed by atoms with van der Waals surface area (Å²) >= 11 is 0. The first-order valence-corrected chi connectivity index (χ1v) is 4.32. The van der Waals surface area contributed by atoms with Gasteiger partial charge in [0.15, 0.2) is 0 Å². The highest BCUT2D eigenvalue weighted by molar-refractivity contribution is 5.83. The Balaban J connectivity index is 2.81. The maximum absolute atomic E-state index is 11.6. The standard InChI is InChI=1S/C9H17NO2/c1-6(2)7-8(11)10(5)9(3,4)12-7/h6-7H,1-5H3. The molecule has 1 saturated heterocycles. The van der Waals surface area contributed by atoms with Crippen molar-refractivity contribution < 1.29 is 9.53 Å². The van der Waals surface area contributed by atoms with Gasteiger partial charge in [-0.1, -0.05) is 13.8 Å². The molecule has 1 heterocycles. The first-order valence-electron chi connectivity index (χ1n) is 4.32.